The fourth-order valence-electron chi connectivity index (χ4n) is 3.36. The molecule has 0 bridgehead atoms. The van der Waals surface area contributed by atoms with Gasteiger partial charge in [-0.1, -0.05) is 30.5 Å². The van der Waals surface area contributed by atoms with Gasteiger partial charge in [0.1, 0.15) is 12.1 Å². The van der Waals surface area contributed by atoms with Crippen LogP contribution in [0.5, 0.6) is 0 Å². The van der Waals surface area contributed by atoms with Gasteiger partial charge in [0.15, 0.2) is 6.10 Å². The maximum absolute atomic E-state index is 12.5. The van der Waals surface area contributed by atoms with Gasteiger partial charge in [0.2, 0.25) is 0 Å². The van der Waals surface area contributed by atoms with Gasteiger partial charge in [0, 0.05) is 10.7 Å². The number of ether oxygens (including phenoxy) is 1. The Kier molecular flexibility index (Phi) is 5.36. The van der Waals surface area contributed by atoms with E-state index in [2.05, 4.69) is 10.6 Å². The van der Waals surface area contributed by atoms with Crippen molar-refractivity contribution in [3.05, 3.63) is 29.3 Å². The SMILES string of the molecule is C[C@H](OC(=O)CN1C(=O)NC2(CCCC2)C1=O)C(=O)Nc1cccc(Cl)c1. The monoisotopic (exact) mass is 393 g/mol. The number of imide groups is 1. The Morgan fingerprint density at radius 2 is 2.04 bits per heavy atom. The van der Waals surface area contributed by atoms with E-state index in [0.717, 1.165) is 17.7 Å². The van der Waals surface area contributed by atoms with Crippen LogP contribution in [-0.4, -0.2) is 46.9 Å². The average molecular weight is 394 g/mol. The summed E-state index contributed by atoms with van der Waals surface area (Å²) in [7, 11) is 0. The van der Waals surface area contributed by atoms with Gasteiger partial charge in [-0.05, 0) is 38.0 Å². The zero-order chi connectivity index (χ0) is 19.6. The third-order valence-corrected chi connectivity index (χ3v) is 4.99. The number of hydrogen-bond donors (Lipinski definition) is 2. The van der Waals surface area contributed by atoms with Crippen molar-refractivity contribution in [2.45, 2.75) is 44.2 Å². The number of halogens is 1. The Bertz CT molecular complexity index is 791. The number of esters is 1. The van der Waals surface area contributed by atoms with Gasteiger partial charge in [-0.2, -0.15) is 0 Å². The Balaban J connectivity index is 1.55. The van der Waals surface area contributed by atoms with Gasteiger partial charge in [-0.15, -0.1) is 0 Å². The maximum Gasteiger partial charge on any atom is 0.327 e. The summed E-state index contributed by atoms with van der Waals surface area (Å²) in [6.45, 7) is 0.878. The van der Waals surface area contributed by atoms with Crippen molar-refractivity contribution in [3.8, 4) is 0 Å². The summed E-state index contributed by atoms with van der Waals surface area (Å²) in [5.41, 5.74) is -0.417. The topological polar surface area (TPSA) is 105 Å². The second-order valence-electron chi connectivity index (χ2n) is 6.74. The van der Waals surface area contributed by atoms with Gasteiger partial charge in [0.25, 0.3) is 11.8 Å². The molecule has 1 aromatic carbocycles. The fourth-order valence-corrected chi connectivity index (χ4v) is 3.55. The van der Waals surface area contributed by atoms with E-state index in [9.17, 15) is 19.2 Å². The Morgan fingerprint density at radius 3 is 2.70 bits per heavy atom. The van der Waals surface area contributed by atoms with E-state index in [1.54, 1.807) is 24.3 Å². The van der Waals surface area contributed by atoms with Crippen molar-refractivity contribution < 1.29 is 23.9 Å². The van der Waals surface area contributed by atoms with Crippen LogP contribution in [0.3, 0.4) is 0 Å². The number of amides is 4. The lowest BCUT2D eigenvalue weighted by Gasteiger charge is -2.20. The number of carbonyl (C=O) groups is 4. The summed E-state index contributed by atoms with van der Waals surface area (Å²) in [4.78, 5) is 49.7. The third-order valence-electron chi connectivity index (χ3n) is 4.76. The van der Waals surface area contributed by atoms with E-state index in [4.69, 9.17) is 16.3 Å². The average Bonchev–Trinajstić information content (AvgIpc) is 3.16. The Morgan fingerprint density at radius 1 is 1.33 bits per heavy atom. The highest BCUT2D eigenvalue weighted by molar-refractivity contribution is 6.30. The first-order chi connectivity index (χ1) is 12.8. The molecule has 1 spiro atoms. The van der Waals surface area contributed by atoms with Crippen molar-refractivity contribution in [2.75, 3.05) is 11.9 Å². The molecule has 9 heteroatoms. The van der Waals surface area contributed by atoms with Gasteiger partial charge < -0.3 is 15.4 Å². The molecule has 1 heterocycles. The number of anilines is 1. The van der Waals surface area contributed by atoms with Crippen molar-refractivity contribution in [2.24, 2.45) is 0 Å². The van der Waals surface area contributed by atoms with E-state index in [0.29, 0.717) is 23.6 Å². The molecule has 0 radical (unpaired) electrons. The zero-order valence-electron chi connectivity index (χ0n) is 14.8. The molecule has 27 heavy (non-hydrogen) atoms. The number of nitrogens with zero attached hydrogens (tertiary/aromatic N) is 1. The predicted molar refractivity (Wildman–Crippen MR) is 97.1 cm³/mol. The van der Waals surface area contributed by atoms with E-state index < -0.39 is 42.0 Å². The first-order valence-corrected chi connectivity index (χ1v) is 9.08. The molecule has 0 aromatic heterocycles. The number of carbonyl (C=O) groups excluding carboxylic acids is 4. The fraction of sp³-hybridized carbons (Fsp3) is 0.444. The molecule has 1 atom stereocenters. The number of nitrogens with one attached hydrogen (secondary N) is 2. The third kappa shape index (κ3) is 4.05. The molecule has 0 unspecified atom stereocenters. The van der Waals surface area contributed by atoms with Crippen molar-refractivity contribution >= 4 is 41.1 Å². The van der Waals surface area contributed by atoms with Gasteiger partial charge in [-0.25, -0.2) is 4.79 Å². The van der Waals surface area contributed by atoms with Crippen LogP contribution in [0.25, 0.3) is 0 Å². The van der Waals surface area contributed by atoms with Crippen molar-refractivity contribution in [1.29, 1.82) is 0 Å². The normalized spacial score (nSPS) is 19.1. The van der Waals surface area contributed by atoms with E-state index in [1.165, 1.54) is 6.92 Å². The summed E-state index contributed by atoms with van der Waals surface area (Å²) < 4.78 is 5.07. The first-order valence-electron chi connectivity index (χ1n) is 8.71. The Hall–Kier alpha value is -2.61. The van der Waals surface area contributed by atoms with Crippen LogP contribution in [-0.2, 0) is 19.1 Å². The maximum atomic E-state index is 12.5. The van der Waals surface area contributed by atoms with Crippen LogP contribution in [0.2, 0.25) is 5.02 Å². The quantitative estimate of drug-likeness (QED) is 0.588. The van der Waals surface area contributed by atoms with E-state index in [1.807, 2.05) is 0 Å². The summed E-state index contributed by atoms with van der Waals surface area (Å²) in [5, 5.41) is 5.72. The Labute approximate surface area is 161 Å². The molecule has 144 valence electrons. The smallest absolute Gasteiger partial charge is 0.327 e. The minimum absolute atomic E-state index is 0.405. The van der Waals surface area contributed by atoms with Crippen LogP contribution in [0.4, 0.5) is 10.5 Å². The molecular weight excluding hydrogens is 374 g/mol. The molecule has 2 fully saturated rings. The molecule has 2 N–H and O–H groups in total. The molecule has 1 aliphatic heterocycles. The lowest BCUT2D eigenvalue weighted by atomic mass is 9.98. The minimum atomic E-state index is -1.10. The standard InChI is InChI=1S/C18H20ClN3O5/c1-11(15(24)20-13-6-4-5-12(19)9-13)27-14(23)10-22-16(25)18(21-17(22)26)7-2-3-8-18/h4-6,9,11H,2-3,7-8,10H2,1H3,(H,20,24)(H,21,26)/t11-/m0/s1. The molecule has 2 aliphatic rings. The summed E-state index contributed by atoms with van der Waals surface area (Å²) in [5.74, 6) is -1.78. The van der Waals surface area contributed by atoms with Crippen LogP contribution in [0.15, 0.2) is 24.3 Å². The number of rotatable bonds is 5. The molecule has 1 aliphatic carbocycles. The second kappa shape index (κ2) is 7.56. The number of benzene rings is 1. The van der Waals surface area contributed by atoms with Gasteiger partial charge in [-0.3, -0.25) is 19.3 Å². The molecule has 1 saturated heterocycles. The minimum Gasteiger partial charge on any atom is -0.451 e. The van der Waals surface area contributed by atoms with Crippen LogP contribution in [0.1, 0.15) is 32.6 Å². The summed E-state index contributed by atoms with van der Waals surface area (Å²) in [6, 6.07) is 5.94. The molecule has 4 amide bonds. The molecular formula is C18H20ClN3O5. The highest BCUT2D eigenvalue weighted by atomic mass is 35.5. The summed E-state index contributed by atoms with van der Waals surface area (Å²) in [6.07, 6.45) is 1.75. The number of urea groups is 1. The second-order valence-corrected chi connectivity index (χ2v) is 7.18. The van der Waals surface area contributed by atoms with Crippen LogP contribution in [0, 0.1) is 0 Å². The van der Waals surface area contributed by atoms with Crippen molar-refractivity contribution in [3.63, 3.8) is 0 Å². The molecule has 3 rings (SSSR count). The highest BCUT2D eigenvalue weighted by Crippen LogP contribution is 2.34. The van der Waals surface area contributed by atoms with Gasteiger partial charge >= 0.3 is 12.0 Å². The van der Waals surface area contributed by atoms with E-state index in [-0.39, 0.29) is 0 Å². The van der Waals surface area contributed by atoms with Crippen molar-refractivity contribution in [1.82, 2.24) is 10.2 Å². The van der Waals surface area contributed by atoms with Crippen LogP contribution < -0.4 is 10.6 Å². The summed E-state index contributed by atoms with van der Waals surface area (Å²) >= 11 is 5.85. The lowest BCUT2D eigenvalue weighted by molar-refractivity contribution is -0.155. The largest absolute Gasteiger partial charge is 0.451 e. The highest BCUT2D eigenvalue weighted by Gasteiger charge is 2.52. The molecule has 1 aromatic rings. The lowest BCUT2D eigenvalue weighted by Crippen LogP contribution is -2.44. The first kappa shape index (κ1) is 19.2. The molecule has 1 saturated carbocycles. The van der Waals surface area contributed by atoms with Gasteiger partial charge in [0.05, 0.1) is 0 Å². The predicted octanol–water partition coefficient (Wildman–Crippen LogP) is 2.07. The molecule has 8 nitrogen and oxygen atoms in total. The van der Waals surface area contributed by atoms with E-state index >= 15 is 0 Å². The zero-order valence-corrected chi connectivity index (χ0v) is 15.5. The number of hydrogen-bond acceptors (Lipinski definition) is 5. The van der Waals surface area contributed by atoms with Crippen LogP contribution >= 0.6 is 11.6 Å².